The van der Waals surface area contributed by atoms with E-state index in [0.29, 0.717) is 6.54 Å². The molecule has 2 rings (SSSR count). The highest BCUT2D eigenvalue weighted by Gasteiger charge is 2.18. The maximum absolute atomic E-state index is 5.67. The molecule has 0 aromatic carbocycles. The van der Waals surface area contributed by atoms with E-state index in [2.05, 4.69) is 11.1 Å². The standard InChI is InChI=1S/C11H18N2/c12-8-11-10(6-7-13-11)9-4-2-1-3-5-9/h6-7,9,13H,1-5,8,12H2. The second-order valence-electron chi connectivity index (χ2n) is 3.95. The van der Waals surface area contributed by atoms with E-state index in [0.717, 1.165) is 5.92 Å². The summed E-state index contributed by atoms with van der Waals surface area (Å²) in [4.78, 5) is 3.23. The summed E-state index contributed by atoms with van der Waals surface area (Å²) in [5.74, 6) is 0.776. The van der Waals surface area contributed by atoms with Crippen LogP contribution < -0.4 is 5.73 Å². The van der Waals surface area contributed by atoms with Crippen LogP contribution in [0.1, 0.15) is 49.3 Å². The Hall–Kier alpha value is -0.760. The van der Waals surface area contributed by atoms with E-state index in [1.165, 1.54) is 43.4 Å². The van der Waals surface area contributed by atoms with Crippen molar-refractivity contribution in [2.24, 2.45) is 5.73 Å². The van der Waals surface area contributed by atoms with Gasteiger partial charge in [0.05, 0.1) is 0 Å². The van der Waals surface area contributed by atoms with Gasteiger partial charge in [0.1, 0.15) is 0 Å². The SMILES string of the molecule is NCc1[nH]ccc1C1CCCCC1. The van der Waals surface area contributed by atoms with E-state index in [1.807, 2.05) is 6.20 Å². The molecule has 13 heavy (non-hydrogen) atoms. The average molecular weight is 178 g/mol. The molecule has 2 heteroatoms. The summed E-state index contributed by atoms with van der Waals surface area (Å²) in [5.41, 5.74) is 8.39. The molecule has 0 bridgehead atoms. The first-order chi connectivity index (χ1) is 6.42. The van der Waals surface area contributed by atoms with Crippen molar-refractivity contribution in [3.05, 3.63) is 23.5 Å². The van der Waals surface area contributed by atoms with Crippen molar-refractivity contribution in [3.63, 3.8) is 0 Å². The molecule has 0 aliphatic heterocycles. The van der Waals surface area contributed by atoms with Crippen LogP contribution in [0.2, 0.25) is 0 Å². The van der Waals surface area contributed by atoms with Gasteiger partial charge in [-0.15, -0.1) is 0 Å². The van der Waals surface area contributed by atoms with Crippen LogP contribution in [-0.2, 0) is 6.54 Å². The molecule has 1 aliphatic rings. The van der Waals surface area contributed by atoms with Crippen LogP contribution in [0.5, 0.6) is 0 Å². The summed E-state index contributed by atoms with van der Waals surface area (Å²) in [6.07, 6.45) is 8.92. The van der Waals surface area contributed by atoms with E-state index < -0.39 is 0 Å². The maximum atomic E-state index is 5.67. The first-order valence-corrected chi connectivity index (χ1v) is 5.28. The van der Waals surface area contributed by atoms with Gasteiger partial charge in [-0.05, 0) is 30.4 Å². The zero-order valence-corrected chi connectivity index (χ0v) is 8.05. The van der Waals surface area contributed by atoms with Gasteiger partial charge in [-0.1, -0.05) is 19.3 Å². The van der Waals surface area contributed by atoms with Gasteiger partial charge >= 0.3 is 0 Å². The van der Waals surface area contributed by atoms with Gasteiger partial charge in [-0.25, -0.2) is 0 Å². The number of aromatic amines is 1. The number of H-pyrrole nitrogens is 1. The zero-order chi connectivity index (χ0) is 9.10. The van der Waals surface area contributed by atoms with Gasteiger partial charge in [0, 0.05) is 18.4 Å². The zero-order valence-electron chi connectivity index (χ0n) is 8.05. The Morgan fingerprint density at radius 1 is 1.31 bits per heavy atom. The Balaban J connectivity index is 2.13. The molecular weight excluding hydrogens is 160 g/mol. The number of nitrogens with two attached hydrogens (primary N) is 1. The van der Waals surface area contributed by atoms with Gasteiger partial charge in [-0.3, -0.25) is 0 Å². The Kier molecular flexibility index (Phi) is 2.69. The Bertz CT molecular complexity index is 259. The van der Waals surface area contributed by atoms with Crippen LogP contribution in [0.3, 0.4) is 0 Å². The normalized spacial score (nSPS) is 19.2. The minimum Gasteiger partial charge on any atom is -0.364 e. The number of aromatic nitrogens is 1. The molecule has 1 aliphatic carbocycles. The van der Waals surface area contributed by atoms with Gasteiger partial charge in [0.25, 0.3) is 0 Å². The van der Waals surface area contributed by atoms with Gasteiger partial charge in [-0.2, -0.15) is 0 Å². The van der Waals surface area contributed by atoms with Crippen molar-refractivity contribution >= 4 is 0 Å². The molecule has 1 aromatic heterocycles. The van der Waals surface area contributed by atoms with Crippen molar-refractivity contribution in [2.75, 3.05) is 0 Å². The Morgan fingerprint density at radius 3 is 2.77 bits per heavy atom. The molecule has 0 spiro atoms. The minimum absolute atomic E-state index is 0.652. The predicted molar refractivity (Wildman–Crippen MR) is 54.5 cm³/mol. The molecule has 1 saturated carbocycles. The highest BCUT2D eigenvalue weighted by Crippen LogP contribution is 2.33. The van der Waals surface area contributed by atoms with Crippen molar-refractivity contribution in [3.8, 4) is 0 Å². The lowest BCUT2D eigenvalue weighted by molar-refractivity contribution is 0.442. The number of rotatable bonds is 2. The summed E-state index contributed by atoms with van der Waals surface area (Å²) in [6.45, 7) is 0.652. The van der Waals surface area contributed by atoms with E-state index >= 15 is 0 Å². The minimum atomic E-state index is 0.652. The summed E-state index contributed by atoms with van der Waals surface area (Å²) in [5, 5.41) is 0. The molecule has 0 radical (unpaired) electrons. The molecule has 3 N–H and O–H groups in total. The predicted octanol–water partition coefficient (Wildman–Crippen LogP) is 2.52. The molecule has 1 fully saturated rings. The second-order valence-corrected chi connectivity index (χ2v) is 3.95. The van der Waals surface area contributed by atoms with Crippen LogP contribution in [0.25, 0.3) is 0 Å². The molecule has 1 aromatic rings. The molecule has 72 valence electrons. The second kappa shape index (κ2) is 3.97. The third kappa shape index (κ3) is 1.78. The van der Waals surface area contributed by atoms with E-state index in [-0.39, 0.29) is 0 Å². The van der Waals surface area contributed by atoms with Crippen molar-refractivity contribution in [1.29, 1.82) is 0 Å². The highest BCUT2D eigenvalue weighted by atomic mass is 14.7. The quantitative estimate of drug-likeness (QED) is 0.718. The molecular formula is C11H18N2. The number of hydrogen-bond donors (Lipinski definition) is 2. The largest absolute Gasteiger partial charge is 0.364 e. The fourth-order valence-corrected chi connectivity index (χ4v) is 2.39. The lowest BCUT2D eigenvalue weighted by atomic mass is 9.84. The van der Waals surface area contributed by atoms with E-state index in [9.17, 15) is 0 Å². The highest BCUT2D eigenvalue weighted by molar-refractivity contribution is 5.25. The fraction of sp³-hybridized carbons (Fsp3) is 0.636. The molecule has 1 heterocycles. The first-order valence-electron chi connectivity index (χ1n) is 5.28. The third-order valence-electron chi connectivity index (χ3n) is 3.12. The maximum Gasteiger partial charge on any atom is 0.0335 e. The van der Waals surface area contributed by atoms with Gasteiger partial charge in [0.2, 0.25) is 0 Å². The summed E-state index contributed by atoms with van der Waals surface area (Å²) in [6, 6.07) is 2.21. The van der Waals surface area contributed by atoms with Crippen LogP contribution in [-0.4, -0.2) is 4.98 Å². The molecule has 0 amide bonds. The first kappa shape index (κ1) is 8.82. The Morgan fingerprint density at radius 2 is 2.08 bits per heavy atom. The van der Waals surface area contributed by atoms with Crippen molar-refractivity contribution in [2.45, 2.75) is 44.6 Å². The summed E-state index contributed by atoms with van der Waals surface area (Å²) >= 11 is 0. The lowest BCUT2D eigenvalue weighted by Gasteiger charge is -2.21. The smallest absolute Gasteiger partial charge is 0.0335 e. The van der Waals surface area contributed by atoms with Crippen molar-refractivity contribution in [1.82, 2.24) is 4.98 Å². The van der Waals surface area contributed by atoms with Gasteiger partial charge in [0.15, 0.2) is 0 Å². The fourth-order valence-electron chi connectivity index (χ4n) is 2.39. The van der Waals surface area contributed by atoms with Crippen LogP contribution in [0, 0.1) is 0 Å². The molecule has 0 atom stereocenters. The topological polar surface area (TPSA) is 41.8 Å². The average Bonchev–Trinajstić information content (AvgIpc) is 2.67. The van der Waals surface area contributed by atoms with Crippen molar-refractivity contribution < 1.29 is 0 Å². The van der Waals surface area contributed by atoms with Crippen LogP contribution in [0.15, 0.2) is 12.3 Å². The Labute approximate surface area is 79.5 Å². The molecule has 2 nitrogen and oxygen atoms in total. The molecule has 0 saturated heterocycles. The monoisotopic (exact) mass is 178 g/mol. The number of hydrogen-bond acceptors (Lipinski definition) is 1. The summed E-state index contributed by atoms with van der Waals surface area (Å²) < 4.78 is 0. The lowest BCUT2D eigenvalue weighted by Crippen LogP contribution is -2.08. The van der Waals surface area contributed by atoms with E-state index in [4.69, 9.17) is 5.73 Å². The van der Waals surface area contributed by atoms with Crippen LogP contribution in [0.4, 0.5) is 0 Å². The van der Waals surface area contributed by atoms with Crippen LogP contribution >= 0.6 is 0 Å². The van der Waals surface area contributed by atoms with Gasteiger partial charge < -0.3 is 10.7 Å². The number of nitrogens with one attached hydrogen (secondary N) is 1. The van der Waals surface area contributed by atoms with E-state index in [1.54, 1.807) is 0 Å². The molecule has 0 unspecified atom stereocenters. The summed E-state index contributed by atoms with van der Waals surface area (Å²) in [7, 11) is 0. The third-order valence-corrected chi connectivity index (χ3v) is 3.12.